The summed E-state index contributed by atoms with van der Waals surface area (Å²) in [5.74, 6) is 1.62. The van der Waals surface area contributed by atoms with Gasteiger partial charge >= 0.3 is 0 Å². The van der Waals surface area contributed by atoms with Gasteiger partial charge in [-0.2, -0.15) is 0 Å². The van der Waals surface area contributed by atoms with Crippen molar-refractivity contribution in [1.82, 2.24) is 24.5 Å². The predicted octanol–water partition coefficient (Wildman–Crippen LogP) is 1.40. The summed E-state index contributed by atoms with van der Waals surface area (Å²) in [6, 6.07) is 0. The Hall–Kier alpha value is -1.49. The van der Waals surface area contributed by atoms with Crippen molar-refractivity contribution in [1.29, 1.82) is 0 Å². The minimum absolute atomic E-state index is 0.705. The lowest BCUT2D eigenvalue weighted by Gasteiger charge is -2.03. The highest BCUT2D eigenvalue weighted by Crippen LogP contribution is 2.21. The number of aromatic nitrogens is 4. The Morgan fingerprint density at radius 1 is 1.19 bits per heavy atom. The maximum atomic E-state index is 4.27. The first-order valence-electron chi connectivity index (χ1n) is 5.63. The van der Waals surface area contributed by atoms with Crippen molar-refractivity contribution in [2.24, 2.45) is 0 Å². The Morgan fingerprint density at radius 2 is 1.94 bits per heavy atom. The minimum Gasteiger partial charge on any atom is -0.296 e. The van der Waals surface area contributed by atoms with E-state index in [0.29, 0.717) is 5.78 Å². The lowest BCUT2D eigenvalue weighted by molar-refractivity contribution is 0.350. The zero-order valence-corrected chi connectivity index (χ0v) is 10.2. The smallest absolute Gasteiger partial charge is 0.255 e. The fourth-order valence-electron chi connectivity index (χ4n) is 2.01. The first-order chi connectivity index (χ1) is 7.75. The molecule has 0 spiro atoms. The molecule has 3 rings (SSSR count). The third-order valence-electron chi connectivity index (χ3n) is 2.64. The average molecular weight is 219 g/mol. The zero-order valence-electron chi connectivity index (χ0n) is 10.2. The van der Waals surface area contributed by atoms with Gasteiger partial charge in [-0.05, 0) is 14.0 Å². The van der Waals surface area contributed by atoms with Crippen LogP contribution >= 0.6 is 0 Å². The lowest BCUT2D eigenvalue weighted by Crippen LogP contribution is -2.08. The second-order valence-corrected chi connectivity index (χ2v) is 3.79. The van der Waals surface area contributed by atoms with E-state index in [1.165, 1.54) is 11.3 Å². The average Bonchev–Trinajstić information content (AvgIpc) is 2.83. The number of fused-ring (bicyclic) bond motifs is 3. The van der Waals surface area contributed by atoms with E-state index in [2.05, 4.69) is 27.1 Å². The van der Waals surface area contributed by atoms with E-state index in [1.807, 2.05) is 31.4 Å². The minimum atomic E-state index is 0.705. The molecule has 0 bridgehead atoms. The third-order valence-corrected chi connectivity index (χ3v) is 2.64. The van der Waals surface area contributed by atoms with Crippen LogP contribution in [0.15, 0.2) is 6.20 Å². The van der Waals surface area contributed by atoms with Gasteiger partial charge in [0.1, 0.15) is 5.82 Å². The zero-order chi connectivity index (χ0) is 11.7. The molecule has 3 heterocycles. The molecule has 5 heteroatoms. The second-order valence-electron chi connectivity index (χ2n) is 3.79. The molecule has 0 atom stereocenters. The van der Waals surface area contributed by atoms with E-state index in [4.69, 9.17) is 0 Å². The summed E-state index contributed by atoms with van der Waals surface area (Å²) >= 11 is 0. The van der Waals surface area contributed by atoms with Crippen LogP contribution in [0.1, 0.15) is 30.9 Å². The van der Waals surface area contributed by atoms with Gasteiger partial charge in [-0.1, -0.05) is 13.8 Å². The monoisotopic (exact) mass is 219 g/mol. The van der Waals surface area contributed by atoms with Gasteiger partial charge in [0.15, 0.2) is 0 Å². The van der Waals surface area contributed by atoms with Gasteiger partial charge in [0, 0.05) is 30.5 Å². The molecule has 0 N–H and O–H groups in total. The molecule has 86 valence electrons. The van der Waals surface area contributed by atoms with Crippen molar-refractivity contribution in [3.63, 3.8) is 0 Å². The molecule has 0 aliphatic carbocycles. The van der Waals surface area contributed by atoms with Gasteiger partial charge in [0.2, 0.25) is 0 Å². The molecule has 0 saturated heterocycles. The maximum absolute atomic E-state index is 4.27. The predicted molar refractivity (Wildman–Crippen MR) is 62.0 cm³/mol. The number of nitrogens with zero attached hydrogens (tertiary/aromatic N) is 5. The Labute approximate surface area is 95.1 Å². The van der Waals surface area contributed by atoms with E-state index in [0.717, 1.165) is 18.9 Å². The Morgan fingerprint density at radius 3 is 2.69 bits per heavy atom. The Balaban J connectivity index is 0.000000457. The molecule has 0 fully saturated rings. The van der Waals surface area contributed by atoms with Gasteiger partial charge in [-0.3, -0.25) is 9.30 Å². The lowest BCUT2D eigenvalue weighted by atomic mass is 10.3. The van der Waals surface area contributed by atoms with E-state index in [-0.39, 0.29) is 0 Å². The van der Waals surface area contributed by atoms with Gasteiger partial charge in [0.25, 0.3) is 5.78 Å². The van der Waals surface area contributed by atoms with Gasteiger partial charge < -0.3 is 0 Å². The van der Waals surface area contributed by atoms with Crippen molar-refractivity contribution >= 4 is 5.78 Å². The van der Waals surface area contributed by atoms with E-state index >= 15 is 0 Å². The standard InChI is InChI=1S/C9H11N5.C2H6/c1-6-11-12-9-10-3-7-4-13(2)5-8(7)14(6)9;1-2/h3H,4-5H2,1-2H3;1-2H3. The van der Waals surface area contributed by atoms with Crippen LogP contribution in [0.2, 0.25) is 0 Å². The molecule has 2 aromatic heterocycles. The number of hydrogen-bond donors (Lipinski definition) is 0. The molecule has 0 radical (unpaired) electrons. The van der Waals surface area contributed by atoms with Crippen LogP contribution in [0, 0.1) is 6.92 Å². The quantitative estimate of drug-likeness (QED) is 0.672. The summed E-state index contributed by atoms with van der Waals surface area (Å²) in [5.41, 5.74) is 2.56. The van der Waals surface area contributed by atoms with E-state index in [9.17, 15) is 0 Å². The van der Waals surface area contributed by atoms with E-state index < -0.39 is 0 Å². The summed E-state index contributed by atoms with van der Waals surface area (Å²) in [7, 11) is 2.10. The molecule has 0 saturated carbocycles. The molecule has 1 aliphatic rings. The molecule has 0 unspecified atom stereocenters. The van der Waals surface area contributed by atoms with Crippen LogP contribution < -0.4 is 0 Å². The van der Waals surface area contributed by atoms with Gasteiger partial charge in [-0.15, -0.1) is 10.2 Å². The van der Waals surface area contributed by atoms with Crippen LogP contribution in [0.3, 0.4) is 0 Å². The van der Waals surface area contributed by atoms with Crippen molar-refractivity contribution < 1.29 is 0 Å². The van der Waals surface area contributed by atoms with Gasteiger partial charge in [0.05, 0.1) is 0 Å². The van der Waals surface area contributed by atoms with Crippen LogP contribution in [0.5, 0.6) is 0 Å². The molecule has 1 aliphatic heterocycles. The van der Waals surface area contributed by atoms with Crippen LogP contribution in [-0.2, 0) is 13.1 Å². The molecular weight excluding hydrogens is 202 g/mol. The third kappa shape index (κ3) is 1.57. The molecule has 16 heavy (non-hydrogen) atoms. The fourth-order valence-corrected chi connectivity index (χ4v) is 2.01. The molecule has 0 amide bonds. The van der Waals surface area contributed by atoms with Crippen LogP contribution in [0.4, 0.5) is 0 Å². The number of aryl methyl sites for hydroxylation is 1. The van der Waals surface area contributed by atoms with Gasteiger partial charge in [-0.25, -0.2) is 4.98 Å². The number of hydrogen-bond acceptors (Lipinski definition) is 4. The fraction of sp³-hybridized carbons (Fsp3) is 0.545. The summed E-state index contributed by atoms with van der Waals surface area (Å²) in [5, 5.41) is 8.03. The summed E-state index contributed by atoms with van der Waals surface area (Å²) in [6.45, 7) is 7.88. The normalized spacial score (nSPS) is 14.8. The summed E-state index contributed by atoms with van der Waals surface area (Å²) in [4.78, 5) is 6.53. The van der Waals surface area contributed by atoms with Crippen molar-refractivity contribution in [3.8, 4) is 0 Å². The highest BCUT2D eigenvalue weighted by atomic mass is 15.3. The highest BCUT2D eigenvalue weighted by Gasteiger charge is 2.20. The number of rotatable bonds is 0. The molecule has 0 aromatic carbocycles. The van der Waals surface area contributed by atoms with Crippen molar-refractivity contribution in [2.45, 2.75) is 33.9 Å². The SMILES string of the molecule is CC.Cc1nnc2ncc3c(n12)CN(C)C3. The largest absolute Gasteiger partial charge is 0.296 e. The van der Waals surface area contributed by atoms with Crippen molar-refractivity contribution in [2.75, 3.05) is 7.05 Å². The Kier molecular flexibility index (Phi) is 2.87. The topological polar surface area (TPSA) is 46.3 Å². The second kappa shape index (κ2) is 4.17. The molecular formula is C11H17N5. The molecule has 5 nitrogen and oxygen atoms in total. The Bertz CT molecular complexity index is 502. The highest BCUT2D eigenvalue weighted by molar-refractivity contribution is 5.36. The van der Waals surface area contributed by atoms with Crippen molar-refractivity contribution in [3.05, 3.63) is 23.3 Å². The summed E-state index contributed by atoms with van der Waals surface area (Å²) < 4.78 is 2.04. The maximum Gasteiger partial charge on any atom is 0.255 e. The summed E-state index contributed by atoms with van der Waals surface area (Å²) in [6.07, 6.45) is 1.91. The molecule has 2 aromatic rings. The van der Waals surface area contributed by atoms with Crippen LogP contribution in [-0.4, -0.2) is 31.5 Å². The van der Waals surface area contributed by atoms with E-state index in [1.54, 1.807) is 0 Å². The first-order valence-corrected chi connectivity index (χ1v) is 5.63. The van der Waals surface area contributed by atoms with Crippen LogP contribution in [0.25, 0.3) is 5.78 Å². The first kappa shape index (κ1) is 11.0.